The lowest BCUT2D eigenvalue weighted by atomic mass is 10.1. The van der Waals surface area contributed by atoms with Gasteiger partial charge >= 0.3 is 5.97 Å². The fraction of sp³-hybridized carbons (Fsp3) is 0.231. The number of aromatic nitrogens is 2. The maximum absolute atomic E-state index is 11.4. The lowest BCUT2D eigenvalue weighted by Gasteiger charge is -2.06. The van der Waals surface area contributed by atoms with Gasteiger partial charge in [-0.3, -0.25) is 0 Å². The molecule has 2 aromatic rings. The van der Waals surface area contributed by atoms with E-state index in [-0.39, 0.29) is 5.69 Å². The molecule has 0 unspecified atom stereocenters. The van der Waals surface area contributed by atoms with Crippen molar-refractivity contribution < 1.29 is 9.53 Å². The summed E-state index contributed by atoms with van der Waals surface area (Å²) in [4.78, 5) is 15.3. The van der Waals surface area contributed by atoms with Gasteiger partial charge in [-0.05, 0) is 12.5 Å². The monoisotopic (exact) mass is 245 g/mol. The van der Waals surface area contributed by atoms with Crippen LogP contribution in [-0.4, -0.2) is 22.6 Å². The van der Waals surface area contributed by atoms with Crippen molar-refractivity contribution in [2.75, 3.05) is 12.8 Å². The normalized spacial score (nSPS) is 10.3. The van der Waals surface area contributed by atoms with E-state index in [1.807, 2.05) is 31.2 Å². The molecule has 0 fully saturated rings. The Morgan fingerprint density at radius 1 is 1.39 bits per heavy atom. The molecule has 2 rings (SSSR count). The van der Waals surface area contributed by atoms with Gasteiger partial charge in [0.2, 0.25) is 0 Å². The van der Waals surface area contributed by atoms with E-state index in [1.165, 1.54) is 12.7 Å². The number of nitrogens with zero attached hydrogens (tertiary/aromatic N) is 2. The van der Waals surface area contributed by atoms with Crippen LogP contribution in [0.2, 0.25) is 0 Å². The van der Waals surface area contributed by atoms with Gasteiger partial charge in [0.15, 0.2) is 5.69 Å². The predicted octanol–water partition coefficient (Wildman–Crippen LogP) is 1.61. The number of carbonyl (C=O) groups is 1. The van der Waals surface area contributed by atoms with Crippen molar-refractivity contribution in [3.8, 4) is 0 Å². The first kappa shape index (κ1) is 12.2. The zero-order chi connectivity index (χ0) is 13.1. The lowest BCUT2D eigenvalue weighted by Crippen LogP contribution is -2.08. The number of ether oxygens (including phenoxy) is 1. The topological polar surface area (TPSA) is 70.1 Å². The van der Waals surface area contributed by atoms with Crippen LogP contribution in [0.3, 0.4) is 0 Å². The van der Waals surface area contributed by atoms with Crippen molar-refractivity contribution in [3.05, 3.63) is 47.4 Å². The van der Waals surface area contributed by atoms with Gasteiger partial charge in [0.25, 0.3) is 0 Å². The van der Waals surface area contributed by atoms with Gasteiger partial charge in [-0.1, -0.05) is 29.8 Å². The van der Waals surface area contributed by atoms with Crippen LogP contribution in [0.1, 0.15) is 21.6 Å². The smallest absolute Gasteiger partial charge is 0.360 e. The van der Waals surface area contributed by atoms with Gasteiger partial charge in [-0.2, -0.15) is 0 Å². The molecule has 5 nitrogen and oxygen atoms in total. The van der Waals surface area contributed by atoms with Gasteiger partial charge in [0.05, 0.1) is 20.0 Å². The van der Waals surface area contributed by atoms with Crippen LogP contribution >= 0.6 is 0 Å². The van der Waals surface area contributed by atoms with Crippen LogP contribution in [-0.2, 0) is 11.3 Å². The number of methoxy groups -OCH3 is 1. The highest BCUT2D eigenvalue weighted by molar-refractivity contribution is 5.92. The summed E-state index contributed by atoms with van der Waals surface area (Å²) in [5.74, 6) is -0.197. The third-order valence-electron chi connectivity index (χ3n) is 2.73. The number of aryl methyl sites for hydroxylation is 1. The molecule has 1 aromatic carbocycles. The molecular weight excluding hydrogens is 230 g/mol. The van der Waals surface area contributed by atoms with Gasteiger partial charge < -0.3 is 15.0 Å². The highest BCUT2D eigenvalue weighted by Gasteiger charge is 2.15. The molecule has 0 saturated carbocycles. The van der Waals surface area contributed by atoms with Crippen LogP contribution in [0.25, 0.3) is 0 Å². The number of nitrogens with two attached hydrogens (primary N) is 1. The number of benzene rings is 1. The fourth-order valence-corrected chi connectivity index (χ4v) is 1.66. The summed E-state index contributed by atoms with van der Waals surface area (Å²) in [6.45, 7) is 2.61. The van der Waals surface area contributed by atoms with Gasteiger partial charge in [-0.25, -0.2) is 9.78 Å². The van der Waals surface area contributed by atoms with E-state index in [0.717, 1.165) is 5.56 Å². The predicted molar refractivity (Wildman–Crippen MR) is 68.3 cm³/mol. The Morgan fingerprint density at radius 2 is 2.06 bits per heavy atom. The Kier molecular flexibility index (Phi) is 3.32. The average Bonchev–Trinajstić information content (AvgIpc) is 2.73. The quantitative estimate of drug-likeness (QED) is 0.834. The van der Waals surface area contributed by atoms with E-state index < -0.39 is 5.97 Å². The van der Waals surface area contributed by atoms with Gasteiger partial charge in [0, 0.05) is 0 Å². The van der Waals surface area contributed by atoms with E-state index in [2.05, 4.69) is 9.72 Å². The van der Waals surface area contributed by atoms with Crippen molar-refractivity contribution in [1.82, 2.24) is 9.55 Å². The third-order valence-corrected chi connectivity index (χ3v) is 2.73. The van der Waals surface area contributed by atoms with E-state index in [4.69, 9.17) is 5.73 Å². The molecule has 0 aliphatic heterocycles. The van der Waals surface area contributed by atoms with E-state index in [0.29, 0.717) is 12.4 Å². The van der Waals surface area contributed by atoms with Crippen LogP contribution in [0.5, 0.6) is 0 Å². The molecule has 1 aromatic heterocycles. The number of esters is 1. The Morgan fingerprint density at radius 3 is 2.67 bits per heavy atom. The van der Waals surface area contributed by atoms with Crippen LogP contribution < -0.4 is 5.73 Å². The van der Waals surface area contributed by atoms with Crippen LogP contribution in [0.4, 0.5) is 5.82 Å². The minimum Gasteiger partial charge on any atom is -0.464 e. The summed E-state index contributed by atoms with van der Waals surface area (Å²) in [5.41, 5.74) is 8.31. The summed E-state index contributed by atoms with van der Waals surface area (Å²) in [6.07, 6.45) is 1.54. The molecule has 0 aliphatic carbocycles. The zero-order valence-corrected chi connectivity index (χ0v) is 10.4. The molecule has 0 radical (unpaired) electrons. The SMILES string of the molecule is COC(=O)c1ncn(Cc2ccc(C)cc2)c1N. The molecule has 0 spiro atoms. The Balaban J connectivity index is 2.22. The molecule has 0 bridgehead atoms. The Labute approximate surface area is 105 Å². The highest BCUT2D eigenvalue weighted by Crippen LogP contribution is 2.14. The average molecular weight is 245 g/mol. The molecule has 18 heavy (non-hydrogen) atoms. The molecule has 0 amide bonds. The number of imidazole rings is 1. The fourth-order valence-electron chi connectivity index (χ4n) is 1.66. The molecule has 0 aliphatic rings. The van der Waals surface area contributed by atoms with Gasteiger partial charge in [-0.15, -0.1) is 0 Å². The molecule has 0 saturated heterocycles. The third kappa shape index (κ3) is 2.34. The number of anilines is 1. The highest BCUT2D eigenvalue weighted by atomic mass is 16.5. The first-order valence-electron chi connectivity index (χ1n) is 5.56. The molecule has 94 valence electrons. The Hall–Kier alpha value is -2.30. The van der Waals surface area contributed by atoms with E-state index in [1.54, 1.807) is 10.9 Å². The second kappa shape index (κ2) is 4.91. The molecule has 5 heteroatoms. The minimum absolute atomic E-state index is 0.157. The minimum atomic E-state index is -0.518. The second-order valence-electron chi connectivity index (χ2n) is 4.08. The van der Waals surface area contributed by atoms with Crippen LogP contribution in [0, 0.1) is 6.92 Å². The zero-order valence-electron chi connectivity index (χ0n) is 10.4. The van der Waals surface area contributed by atoms with Crippen molar-refractivity contribution in [2.45, 2.75) is 13.5 Å². The molecular formula is C13H15N3O2. The lowest BCUT2D eigenvalue weighted by molar-refractivity contribution is 0.0596. The first-order chi connectivity index (χ1) is 8.61. The molecule has 0 atom stereocenters. The standard InChI is InChI=1S/C13H15N3O2/c1-9-3-5-10(6-4-9)7-16-8-15-11(12(16)14)13(17)18-2/h3-6,8H,7,14H2,1-2H3. The summed E-state index contributed by atoms with van der Waals surface area (Å²) in [7, 11) is 1.31. The van der Waals surface area contributed by atoms with Gasteiger partial charge in [0.1, 0.15) is 5.82 Å². The summed E-state index contributed by atoms with van der Waals surface area (Å²) in [5, 5.41) is 0. The summed E-state index contributed by atoms with van der Waals surface area (Å²) in [6, 6.07) is 8.10. The summed E-state index contributed by atoms with van der Waals surface area (Å²) < 4.78 is 6.32. The Bertz CT molecular complexity index is 558. The van der Waals surface area contributed by atoms with Crippen molar-refractivity contribution in [3.63, 3.8) is 0 Å². The van der Waals surface area contributed by atoms with E-state index in [9.17, 15) is 4.79 Å². The maximum atomic E-state index is 11.4. The van der Waals surface area contributed by atoms with Crippen molar-refractivity contribution in [1.29, 1.82) is 0 Å². The van der Waals surface area contributed by atoms with Crippen molar-refractivity contribution >= 4 is 11.8 Å². The second-order valence-corrected chi connectivity index (χ2v) is 4.08. The van der Waals surface area contributed by atoms with Crippen molar-refractivity contribution in [2.24, 2.45) is 0 Å². The number of rotatable bonds is 3. The maximum Gasteiger partial charge on any atom is 0.360 e. The number of carbonyl (C=O) groups excluding carboxylic acids is 1. The van der Waals surface area contributed by atoms with Crippen LogP contribution in [0.15, 0.2) is 30.6 Å². The number of hydrogen-bond acceptors (Lipinski definition) is 4. The molecule has 2 N–H and O–H groups in total. The summed E-state index contributed by atoms with van der Waals surface area (Å²) >= 11 is 0. The number of nitrogen functional groups attached to an aromatic ring is 1. The van der Waals surface area contributed by atoms with E-state index >= 15 is 0 Å². The number of hydrogen-bond donors (Lipinski definition) is 1. The first-order valence-corrected chi connectivity index (χ1v) is 5.56. The molecule has 1 heterocycles. The largest absolute Gasteiger partial charge is 0.464 e.